The van der Waals surface area contributed by atoms with E-state index in [1.165, 1.54) is 7.11 Å². The normalized spacial score (nSPS) is 14.1. The van der Waals surface area contributed by atoms with Crippen LogP contribution < -0.4 is 4.72 Å². The number of carbonyl (C=O) groups is 1. The van der Waals surface area contributed by atoms with E-state index in [4.69, 9.17) is 9.47 Å². The molecule has 7 heteroatoms. The SMILES string of the molecule is COC(=O)CC(C)(N[S+]([O-])C(C)(C)C)c1ccc2sc3ccc(C#CCOCc4ccccc4)cc3c2c1. The number of hydrogen-bond donors (Lipinski definition) is 1. The second kappa shape index (κ2) is 11.9. The molecule has 4 rings (SSSR count). The zero-order valence-corrected chi connectivity index (χ0v) is 24.1. The second-order valence-electron chi connectivity index (χ2n) is 10.4. The first-order valence-electron chi connectivity index (χ1n) is 12.4. The molecule has 0 aliphatic carbocycles. The molecule has 1 N–H and O–H groups in total. The molecular formula is C31H33NO4S2. The third-order valence-corrected chi connectivity index (χ3v) is 9.12. The molecule has 0 spiro atoms. The predicted octanol–water partition coefficient (Wildman–Crippen LogP) is 6.45. The summed E-state index contributed by atoms with van der Waals surface area (Å²) in [5.74, 6) is 5.96. The van der Waals surface area contributed by atoms with Gasteiger partial charge < -0.3 is 14.0 Å². The van der Waals surface area contributed by atoms with Crippen molar-refractivity contribution >= 4 is 48.8 Å². The Labute approximate surface area is 231 Å². The lowest BCUT2D eigenvalue weighted by Gasteiger charge is -2.34. The van der Waals surface area contributed by atoms with Gasteiger partial charge in [-0.05, 0) is 69.2 Å². The predicted molar refractivity (Wildman–Crippen MR) is 157 cm³/mol. The molecule has 198 valence electrons. The molecule has 3 aromatic carbocycles. The molecule has 2 unspecified atom stereocenters. The first kappa shape index (κ1) is 28.2. The van der Waals surface area contributed by atoms with Crippen LogP contribution in [0.15, 0.2) is 66.7 Å². The Morgan fingerprint density at radius 3 is 2.37 bits per heavy atom. The van der Waals surface area contributed by atoms with Crippen LogP contribution in [0.25, 0.3) is 20.2 Å². The fraction of sp³-hybridized carbons (Fsp3) is 0.323. The van der Waals surface area contributed by atoms with E-state index in [-0.39, 0.29) is 12.4 Å². The molecule has 1 aromatic heterocycles. The van der Waals surface area contributed by atoms with E-state index >= 15 is 0 Å². The Kier molecular flexibility index (Phi) is 8.81. The number of ether oxygens (including phenoxy) is 2. The molecule has 2 atom stereocenters. The second-order valence-corrected chi connectivity index (χ2v) is 13.4. The van der Waals surface area contributed by atoms with Crippen molar-refractivity contribution in [1.29, 1.82) is 0 Å². The first-order chi connectivity index (χ1) is 18.1. The number of methoxy groups -OCH3 is 1. The number of carbonyl (C=O) groups excluding carboxylic acids is 1. The van der Waals surface area contributed by atoms with Crippen molar-refractivity contribution in [1.82, 2.24) is 4.72 Å². The maximum atomic E-state index is 13.0. The van der Waals surface area contributed by atoms with E-state index in [0.717, 1.165) is 36.9 Å². The van der Waals surface area contributed by atoms with Crippen LogP contribution in [0.1, 0.15) is 50.8 Å². The number of hydrogen-bond acceptors (Lipinski definition) is 6. The number of nitrogens with one attached hydrogen (secondary N) is 1. The summed E-state index contributed by atoms with van der Waals surface area (Å²) in [6.07, 6.45) is 0.0542. The summed E-state index contributed by atoms with van der Waals surface area (Å²) in [4.78, 5) is 12.3. The fourth-order valence-corrected chi connectivity index (χ4v) is 6.02. The van der Waals surface area contributed by atoms with Gasteiger partial charge in [-0.25, -0.2) is 0 Å². The number of thiophene rings is 1. The number of benzene rings is 3. The van der Waals surface area contributed by atoms with Crippen molar-refractivity contribution in [2.45, 2.75) is 51.0 Å². The van der Waals surface area contributed by atoms with Gasteiger partial charge in [0, 0.05) is 37.1 Å². The van der Waals surface area contributed by atoms with Crippen LogP contribution in [0.2, 0.25) is 0 Å². The lowest BCUT2D eigenvalue weighted by atomic mass is 9.89. The third-order valence-electron chi connectivity index (χ3n) is 6.22. The van der Waals surface area contributed by atoms with E-state index in [1.807, 2.05) is 70.2 Å². The number of fused-ring (bicyclic) bond motifs is 3. The van der Waals surface area contributed by atoms with Crippen LogP contribution in [0.4, 0.5) is 0 Å². The van der Waals surface area contributed by atoms with Gasteiger partial charge in [0.1, 0.15) is 11.4 Å². The fourth-order valence-electron chi connectivity index (χ4n) is 4.05. The molecule has 1 heterocycles. The van der Waals surface area contributed by atoms with Crippen molar-refractivity contribution < 1.29 is 18.8 Å². The molecule has 0 amide bonds. The van der Waals surface area contributed by atoms with Gasteiger partial charge in [-0.1, -0.05) is 48.2 Å². The minimum absolute atomic E-state index is 0.0542. The highest BCUT2D eigenvalue weighted by Crippen LogP contribution is 2.38. The minimum atomic E-state index is -1.38. The van der Waals surface area contributed by atoms with E-state index in [2.05, 4.69) is 40.8 Å². The zero-order valence-electron chi connectivity index (χ0n) is 22.4. The highest BCUT2D eigenvalue weighted by atomic mass is 32.2. The van der Waals surface area contributed by atoms with Gasteiger partial charge in [0.05, 0.1) is 25.7 Å². The largest absolute Gasteiger partial charge is 0.598 e. The molecule has 0 aliphatic heterocycles. The van der Waals surface area contributed by atoms with E-state index < -0.39 is 21.6 Å². The van der Waals surface area contributed by atoms with Crippen LogP contribution in [-0.2, 0) is 37.8 Å². The van der Waals surface area contributed by atoms with Crippen LogP contribution >= 0.6 is 11.3 Å². The van der Waals surface area contributed by atoms with Crippen molar-refractivity contribution in [3.05, 3.63) is 83.4 Å². The van der Waals surface area contributed by atoms with Crippen LogP contribution in [0.3, 0.4) is 0 Å². The average molecular weight is 548 g/mol. The summed E-state index contributed by atoms with van der Waals surface area (Å²) in [6, 6.07) is 22.4. The molecule has 5 nitrogen and oxygen atoms in total. The summed E-state index contributed by atoms with van der Waals surface area (Å²) >= 11 is 0.327. The van der Waals surface area contributed by atoms with Gasteiger partial charge in [0.15, 0.2) is 0 Å². The quantitative estimate of drug-likeness (QED) is 0.119. The van der Waals surface area contributed by atoms with Gasteiger partial charge in [-0.2, -0.15) is 0 Å². The molecule has 38 heavy (non-hydrogen) atoms. The van der Waals surface area contributed by atoms with Gasteiger partial charge in [0.25, 0.3) is 0 Å². The van der Waals surface area contributed by atoms with Crippen LogP contribution in [-0.4, -0.2) is 29.0 Å². The van der Waals surface area contributed by atoms with Crippen LogP contribution in [0.5, 0.6) is 0 Å². The summed E-state index contributed by atoms with van der Waals surface area (Å²) in [6.45, 7) is 8.49. The molecule has 0 aliphatic rings. The Hall–Kier alpha value is -2.86. The monoisotopic (exact) mass is 547 g/mol. The molecule has 0 radical (unpaired) electrons. The Balaban J connectivity index is 1.62. The van der Waals surface area contributed by atoms with Crippen molar-refractivity contribution in [3.63, 3.8) is 0 Å². The van der Waals surface area contributed by atoms with Gasteiger partial charge in [-0.15, -0.1) is 16.1 Å². The molecule has 0 saturated heterocycles. The average Bonchev–Trinajstić information content (AvgIpc) is 3.25. The van der Waals surface area contributed by atoms with E-state index in [0.29, 0.717) is 13.2 Å². The summed E-state index contributed by atoms with van der Waals surface area (Å²) in [7, 11) is 1.37. The standard InChI is InChI=1S/C31H33NO4S2/c1-30(2,3)38(34)32-31(4,20-29(33)35-5)24-14-16-28-26(19-24)25-18-22(13-15-27(25)37-28)12-9-17-36-21-23-10-7-6-8-11-23/h6-8,10-11,13-16,18-19,32H,17,20-21H2,1-5H3. The molecule has 0 fully saturated rings. The Morgan fingerprint density at radius 1 is 1.00 bits per heavy atom. The topological polar surface area (TPSA) is 70.6 Å². The lowest BCUT2D eigenvalue weighted by molar-refractivity contribution is -0.142. The zero-order chi connectivity index (χ0) is 27.3. The van der Waals surface area contributed by atoms with E-state index in [9.17, 15) is 9.35 Å². The molecule has 4 aromatic rings. The van der Waals surface area contributed by atoms with Gasteiger partial charge >= 0.3 is 5.97 Å². The smallest absolute Gasteiger partial charge is 0.307 e. The number of rotatable bonds is 8. The molecular weight excluding hydrogens is 514 g/mol. The summed E-state index contributed by atoms with van der Waals surface area (Å²) in [5.41, 5.74) is 2.03. The number of esters is 1. The van der Waals surface area contributed by atoms with Crippen molar-refractivity contribution in [3.8, 4) is 11.8 Å². The summed E-state index contributed by atoms with van der Waals surface area (Å²) < 4.78 is 28.7. The maximum Gasteiger partial charge on any atom is 0.307 e. The first-order valence-corrected chi connectivity index (χ1v) is 14.4. The lowest BCUT2D eigenvalue weighted by Crippen LogP contribution is -2.50. The third kappa shape index (κ3) is 6.76. The van der Waals surface area contributed by atoms with Crippen molar-refractivity contribution in [2.75, 3.05) is 13.7 Å². The van der Waals surface area contributed by atoms with E-state index in [1.54, 1.807) is 11.3 Å². The molecule has 0 saturated carbocycles. The van der Waals surface area contributed by atoms with Gasteiger partial charge in [-0.3, -0.25) is 4.79 Å². The summed E-state index contributed by atoms with van der Waals surface area (Å²) in [5, 5.41) is 2.17. The van der Waals surface area contributed by atoms with Crippen molar-refractivity contribution in [2.24, 2.45) is 0 Å². The Morgan fingerprint density at radius 2 is 1.68 bits per heavy atom. The van der Waals surface area contributed by atoms with Gasteiger partial charge in [0.2, 0.25) is 0 Å². The molecule has 0 bridgehead atoms. The highest BCUT2D eigenvalue weighted by molar-refractivity contribution is 7.90. The Bertz CT molecular complexity index is 1480. The highest BCUT2D eigenvalue weighted by Gasteiger charge is 2.39. The maximum absolute atomic E-state index is 13.0. The van der Waals surface area contributed by atoms with Crippen LogP contribution in [0, 0.1) is 11.8 Å². The minimum Gasteiger partial charge on any atom is -0.598 e.